The van der Waals surface area contributed by atoms with E-state index >= 15 is 0 Å². The van der Waals surface area contributed by atoms with E-state index in [-0.39, 0.29) is 28.9 Å². The number of ether oxygens (including phenoxy) is 1. The average Bonchev–Trinajstić information content (AvgIpc) is 2.63. The molecule has 3 aromatic rings. The number of hydrogen-bond acceptors (Lipinski definition) is 8. The first-order chi connectivity index (χ1) is 13.0. The molecule has 9 nitrogen and oxygen atoms in total. The van der Waals surface area contributed by atoms with Gasteiger partial charge in [0.15, 0.2) is 0 Å². The SMILES string of the molecule is COc1cccc(Nc2nc(Nc3ccc(O)cc3)nc(C)c2[N+](=O)[O-])c1. The molecule has 0 radical (unpaired) electrons. The Morgan fingerprint density at radius 3 is 2.48 bits per heavy atom. The van der Waals surface area contributed by atoms with Crippen molar-refractivity contribution in [2.45, 2.75) is 6.92 Å². The van der Waals surface area contributed by atoms with Crippen LogP contribution in [0.3, 0.4) is 0 Å². The van der Waals surface area contributed by atoms with Gasteiger partial charge in [-0.1, -0.05) is 6.07 Å². The molecular formula is C18H17N5O4. The van der Waals surface area contributed by atoms with Crippen molar-refractivity contribution in [3.8, 4) is 11.5 Å². The third-order valence-electron chi connectivity index (χ3n) is 3.70. The Morgan fingerprint density at radius 2 is 1.81 bits per heavy atom. The average molecular weight is 367 g/mol. The lowest BCUT2D eigenvalue weighted by Crippen LogP contribution is -2.07. The summed E-state index contributed by atoms with van der Waals surface area (Å²) in [7, 11) is 1.54. The van der Waals surface area contributed by atoms with E-state index in [0.717, 1.165) is 0 Å². The van der Waals surface area contributed by atoms with Crippen molar-refractivity contribution in [3.63, 3.8) is 0 Å². The summed E-state index contributed by atoms with van der Waals surface area (Å²) in [5.41, 5.74) is 1.22. The van der Waals surface area contributed by atoms with Crippen LogP contribution in [0.2, 0.25) is 0 Å². The van der Waals surface area contributed by atoms with Gasteiger partial charge < -0.3 is 20.5 Å². The fraction of sp³-hybridized carbons (Fsp3) is 0.111. The molecule has 0 saturated heterocycles. The molecule has 0 aliphatic rings. The second kappa shape index (κ2) is 7.56. The van der Waals surface area contributed by atoms with Crippen LogP contribution >= 0.6 is 0 Å². The molecule has 9 heteroatoms. The predicted octanol–water partition coefficient (Wildman–Crippen LogP) is 3.89. The highest BCUT2D eigenvalue weighted by Gasteiger charge is 2.22. The minimum atomic E-state index is -0.526. The van der Waals surface area contributed by atoms with E-state index in [1.165, 1.54) is 19.2 Å². The predicted molar refractivity (Wildman–Crippen MR) is 101 cm³/mol. The quantitative estimate of drug-likeness (QED) is 0.341. The molecule has 0 aliphatic carbocycles. The van der Waals surface area contributed by atoms with E-state index in [1.54, 1.807) is 43.3 Å². The molecule has 0 fully saturated rings. The number of aromatic nitrogens is 2. The first kappa shape index (κ1) is 17.9. The van der Waals surface area contributed by atoms with Gasteiger partial charge in [-0.2, -0.15) is 4.98 Å². The van der Waals surface area contributed by atoms with E-state index < -0.39 is 4.92 Å². The van der Waals surface area contributed by atoms with Crippen LogP contribution in [-0.4, -0.2) is 27.1 Å². The number of aromatic hydroxyl groups is 1. The van der Waals surface area contributed by atoms with E-state index in [9.17, 15) is 15.2 Å². The van der Waals surface area contributed by atoms with Crippen LogP contribution in [0.25, 0.3) is 0 Å². The molecule has 2 aromatic carbocycles. The van der Waals surface area contributed by atoms with Crippen molar-refractivity contribution in [2.24, 2.45) is 0 Å². The fourth-order valence-electron chi connectivity index (χ4n) is 2.44. The second-order valence-corrected chi connectivity index (χ2v) is 5.62. The summed E-state index contributed by atoms with van der Waals surface area (Å²) in [5.74, 6) is 0.980. The first-order valence-corrected chi connectivity index (χ1v) is 7.96. The van der Waals surface area contributed by atoms with Gasteiger partial charge in [0, 0.05) is 17.4 Å². The number of phenolic OH excluding ortho intramolecular Hbond substituents is 1. The maximum atomic E-state index is 11.5. The zero-order chi connectivity index (χ0) is 19.4. The highest BCUT2D eigenvalue weighted by Crippen LogP contribution is 2.31. The van der Waals surface area contributed by atoms with E-state index in [4.69, 9.17) is 4.74 Å². The zero-order valence-corrected chi connectivity index (χ0v) is 14.6. The van der Waals surface area contributed by atoms with Gasteiger partial charge in [-0.25, -0.2) is 4.98 Å². The monoisotopic (exact) mass is 367 g/mol. The lowest BCUT2D eigenvalue weighted by Gasteiger charge is -2.11. The Hall–Kier alpha value is -3.88. The van der Waals surface area contributed by atoms with Crippen LogP contribution in [0.15, 0.2) is 48.5 Å². The smallest absolute Gasteiger partial charge is 0.332 e. The largest absolute Gasteiger partial charge is 0.508 e. The summed E-state index contributed by atoms with van der Waals surface area (Å²) in [5, 5.41) is 26.8. The van der Waals surface area contributed by atoms with Gasteiger partial charge in [-0.15, -0.1) is 0 Å². The first-order valence-electron chi connectivity index (χ1n) is 7.96. The third-order valence-corrected chi connectivity index (χ3v) is 3.70. The minimum absolute atomic E-state index is 0.0574. The van der Waals surface area contributed by atoms with Gasteiger partial charge in [0.1, 0.15) is 17.2 Å². The lowest BCUT2D eigenvalue weighted by molar-refractivity contribution is -0.385. The third kappa shape index (κ3) is 4.21. The molecule has 0 unspecified atom stereocenters. The van der Waals surface area contributed by atoms with Crippen LogP contribution in [-0.2, 0) is 0 Å². The maximum absolute atomic E-state index is 11.5. The van der Waals surface area contributed by atoms with Crippen LogP contribution in [0.1, 0.15) is 5.69 Å². The Morgan fingerprint density at radius 1 is 1.07 bits per heavy atom. The number of methoxy groups -OCH3 is 1. The Balaban J connectivity index is 1.97. The Bertz CT molecular complexity index is 976. The Labute approximate surface area is 154 Å². The molecule has 3 N–H and O–H groups in total. The van der Waals surface area contributed by atoms with Crippen molar-refractivity contribution in [1.29, 1.82) is 0 Å². The normalized spacial score (nSPS) is 10.3. The number of hydrogen-bond donors (Lipinski definition) is 3. The summed E-state index contributed by atoms with van der Waals surface area (Å²) < 4.78 is 5.17. The molecule has 0 aliphatic heterocycles. The van der Waals surface area contributed by atoms with Crippen molar-refractivity contribution in [3.05, 3.63) is 64.3 Å². The number of nitrogens with one attached hydrogen (secondary N) is 2. The van der Waals surface area contributed by atoms with Gasteiger partial charge in [0.2, 0.25) is 11.8 Å². The molecule has 138 valence electrons. The number of nitro groups is 1. The molecule has 0 amide bonds. The standard InChI is InChI=1S/C18H17N5O4/c1-11-16(23(25)26)17(20-13-4-3-5-15(10-13)27-2)22-18(19-11)21-12-6-8-14(24)9-7-12/h3-10,24H,1-2H3,(H2,19,20,21,22). The number of anilines is 4. The lowest BCUT2D eigenvalue weighted by atomic mass is 10.3. The molecule has 1 aromatic heterocycles. The van der Waals surface area contributed by atoms with Crippen molar-refractivity contribution in [2.75, 3.05) is 17.7 Å². The van der Waals surface area contributed by atoms with Crippen molar-refractivity contribution < 1.29 is 14.8 Å². The molecule has 3 rings (SSSR count). The van der Waals surface area contributed by atoms with Crippen LogP contribution < -0.4 is 15.4 Å². The summed E-state index contributed by atoms with van der Waals surface area (Å²) >= 11 is 0. The number of phenols is 1. The maximum Gasteiger partial charge on any atom is 0.332 e. The van der Waals surface area contributed by atoms with Gasteiger partial charge >= 0.3 is 5.69 Å². The summed E-state index contributed by atoms with van der Waals surface area (Å²) in [6.07, 6.45) is 0. The highest BCUT2D eigenvalue weighted by molar-refractivity contribution is 5.70. The van der Waals surface area contributed by atoms with Gasteiger partial charge in [0.25, 0.3) is 0 Å². The minimum Gasteiger partial charge on any atom is -0.508 e. The summed E-state index contributed by atoms with van der Waals surface area (Å²) in [6, 6.07) is 13.3. The van der Waals surface area contributed by atoms with Gasteiger partial charge in [0.05, 0.1) is 12.0 Å². The number of benzene rings is 2. The molecule has 0 bridgehead atoms. The molecule has 0 saturated carbocycles. The van der Waals surface area contributed by atoms with E-state index in [0.29, 0.717) is 17.1 Å². The van der Waals surface area contributed by atoms with E-state index in [2.05, 4.69) is 20.6 Å². The van der Waals surface area contributed by atoms with Crippen molar-refractivity contribution >= 4 is 28.8 Å². The fourth-order valence-corrected chi connectivity index (χ4v) is 2.44. The van der Waals surface area contributed by atoms with Gasteiger partial charge in [-0.05, 0) is 43.3 Å². The number of nitrogens with zero attached hydrogens (tertiary/aromatic N) is 3. The molecule has 1 heterocycles. The second-order valence-electron chi connectivity index (χ2n) is 5.62. The number of rotatable bonds is 6. The summed E-state index contributed by atoms with van der Waals surface area (Å²) in [6.45, 7) is 1.54. The molecule has 0 atom stereocenters. The van der Waals surface area contributed by atoms with Crippen LogP contribution in [0, 0.1) is 17.0 Å². The number of aryl methyl sites for hydroxylation is 1. The van der Waals surface area contributed by atoms with Crippen LogP contribution in [0.5, 0.6) is 11.5 Å². The molecule has 0 spiro atoms. The molecular weight excluding hydrogens is 350 g/mol. The summed E-state index contributed by atoms with van der Waals surface area (Å²) in [4.78, 5) is 19.4. The highest BCUT2D eigenvalue weighted by atomic mass is 16.6. The Kier molecular flexibility index (Phi) is 5.02. The van der Waals surface area contributed by atoms with E-state index in [1.807, 2.05) is 0 Å². The van der Waals surface area contributed by atoms with Crippen LogP contribution in [0.4, 0.5) is 28.8 Å². The zero-order valence-electron chi connectivity index (χ0n) is 14.6. The topological polar surface area (TPSA) is 122 Å². The van der Waals surface area contributed by atoms with Gasteiger partial charge in [-0.3, -0.25) is 10.1 Å². The van der Waals surface area contributed by atoms with Crippen molar-refractivity contribution in [1.82, 2.24) is 9.97 Å². The molecule has 27 heavy (non-hydrogen) atoms.